The summed E-state index contributed by atoms with van der Waals surface area (Å²) in [6.07, 6.45) is 7.03. The fourth-order valence-corrected chi connectivity index (χ4v) is 4.48. The number of rotatable bonds is 5. The summed E-state index contributed by atoms with van der Waals surface area (Å²) >= 11 is 0. The van der Waals surface area contributed by atoms with E-state index >= 15 is 0 Å². The van der Waals surface area contributed by atoms with Crippen molar-refractivity contribution in [3.63, 3.8) is 0 Å². The van der Waals surface area contributed by atoms with Crippen LogP contribution in [0.2, 0.25) is 0 Å². The number of nitro groups is 1. The number of benzene rings is 1. The Bertz CT molecular complexity index is 605. The molecule has 2 aliphatic heterocycles. The zero-order valence-corrected chi connectivity index (χ0v) is 14.2. The van der Waals surface area contributed by atoms with Crippen molar-refractivity contribution in [3.8, 4) is 0 Å². The van der Waals surface area contributed by atoms with Gasteiger partial charge in [0.25, 0.3) is 11.6 Å². The van der Waals surface area contributed by atoms with E-state index in [2.05, 4.69) is 12.2 Å². The van der Waals surface area contributed by atoms with E-state index in [4.69, 9.17) is 0 Å². The van der Waals surface area contributed by atoms with Gasteiger partial charge in [-0.05, 0) is 31.7 Å². The Morgan fingerprint density at radius 1 is 1.33 bits per heavy atom. The Morgan fingerprint density at radius 2 is 2.04 bits per heavy atom. The molecule has 1 aromatic rings. The fraction of sp³-hybridized carbons (Fsp3) is 0.611. The average Bonchev–Trinajstić information content (AvgIpc) is 2.55. The Labute approximate surface area is 142 Å². The van der Waals surface area contributed by atoms with Gasteiger partial charge in [-0.15, -0.1) is 0 Å². The number of nitrogens with zero attached hydrogens (tertiary/aromatic N) is 1. The number of piperidine rings is 2. The van der Waals surface area contributed by atoms with Crippen molar-refractivity contribution in [3.05, 3.63) is 39.9 Å². The van der Waals surface area contributed by atoms with Crippen molar-refractivity contribution in [1.29, 1.82) is 0 Å². The molecule has 6 heteroatoms. The molecule has 1 amide bonds. The summed E-state index contributed by atoms with van der Waals surface area (Å²) in [6.45, 7) is 3.46. The molecule has 6 nitrogen and oxygen atoms in total. The Hall–Kier alpha value is -1.95. The number of nitrogens with one attached hydrogen (secondary N) is 2. The van der Waals surface area contributed by atoms with Crippen LogP contribution in [0.5, 0.6) is 0 Å². The number of carbonyl (C=O) groups excluding carboxylic acids is 1. The average molecular weight is 332 g/mol. The van der Waals surface area contributed by atoms with E-state index in [-0.39, 0.29) is 17.6 Å². The van der Waals surface area contributed by atoms with Gasteiger partial charge in [-0.1, -0.05) is 13.0 Å². The minimum absolute atomic E-state index is 0.0401. The monoisotopic (exact) mass is 332 g/mol. The fourth-order valence-electron chi connectivity index (χ4n) is 4.48. The SMILES string of the molecule is CCC[NH+]1[C@@H]2CCC[C@H]1CC(NC(=O)c1cccc([N+](=O)[O-])c1)C2. The van der Waals surface area contributed by atoms with Crippen LogP contribution in [0.25, 0.3) is 0 Å². The van der Waals surface area contributed by atoms with Crippen LogP contribution >= 0.6 is 0 Å². The number of non-ortho nitro benzene ring substituents is 1. The largest absolute Gasteiger partial charge is 0.349 e. The van der Waals surface area contributed by atoms with Crippen LogP contribution in [-0.2, 0) is 0 Å². The molecule has 2 N–H and O–H groups in total. The third kappa shape index (κ3) is 3.59. The van der Waals surface area contributed by atoms with Gasteiger partial charge in [0.2, 0.25) is 0 Å². The van der Waals surface area contributed by atoms with Gasteiger partial charge in [0.05, 0.1) is 23.6 Å². The van der Waals surface area contributed by atoms with E-state index < -0.39 is 4.92 Å². The van der Waals surface area contributed by atoms with Crippen LogP contribution in [0.15, 0.2) is 24.3 Å². The molecule has 2 unspecified atom stereocenters. The lowest BCUT2D eigenvalue weighted by Gasteiger charge is -2.46. The van der Waals surface area contributed by atoms with E-state index in [0.29, 0.717) is 17.6 Å². The summed E-state index contributed by atoms with van der Waals surface area (Å²) < 4.78 is 0. The van der Waals surface area contributed by atoms with Gasteiger partial charge in [0, 0.05) is 36.6 Å². The second-order valence-electron chi connectivity index (χ2n) is 7.10. The number of carbonyl (C=O) groups is 1. The van der Waals surface area contributed by atoms with E-state index in [1.807, 2.05) is 0 Å². The van der Waals surface area contributed by atoms with Gasteiger partial charge in [-0.25, -0.2) is 0 Å². The van der Waals surface area contributed by atoms with Crippen molar-refractivity contribution in [2.45, 2.75) is 63.6 Å². The summed E-state index contributed by atoms with van der Waals surface area (Å²) in [6, 6.07) is 7.45. The highest BCUT2D eigenvalue weighted by atomic mass is 16.6. The quantitative estimate of drug-likeness (QED) is 0.636. The third-order valence-electron chi connectivity index (χ3n) is 5.49. The Morgan fingerprint density at radius 3 is 2.67 bits per heavy atom. The maximum atomic E-state index is 12.5. The lowest BCUT2D eigenvalue weighted by molar-refractivity contribution is -0.961. The van der Waals surface area contributed by atoms with Crippen LogP contribution in [0.3, 0.4) is 0 Å². The summed E-state index contributed by atoms with van der Waals surface area (Å²) in [5.74, 6) is -0.194. The first-order valence-electron chi connectivity index (χ1n) is 8.99. The minimum Gasteiger partial charge on any atom is -0.349 e. The molecule has 0 aromatic heterocycles. The molecule has 1 aromatic carbocycles. The molecule has 2 aliphatic rings. The van der Waals surface area contributed by atoms with Crippen molar-refractivity contribution >= 4 is 11.6 Å². The van der Waals surface area contributed by atoms with E-state index in [1.54, 1.807) is 17.0 Å². The highest BCUT2D eigenvalue weighted by Crippen LogP contribution is 2.23. The number of quaternary nitrogens is 1. The summed E-state index contributed by atoms with van der Waals surface area (Å²) in [4.78, 5) is 24.6. The maximum Gasteiger partial charge on any atom is 0.270 e. The predicted molar refractivity (Wildman–Crippen MR) is 91.1 cm³/mol. The van der Waals surface area contributed by atoms with Crippen LogP contribution in [0.1, 0.15) is 55.8 Å². The lowest BCUT2D eigenvalue weighted by Crippen LogP contribution is -3.21. The molecule has 2 heterocycles. The number of fused-ring (bicyclic) bond motifs is 2. The van der Waals surface area contributed by atoms with Crippen molar-refractivity contribution < 1.29 is 14.6 Å². The first-order valence-corrected chi connectivity index (χ1v) is 8.99. The van der Waals surface area contributed by atoms with Crippen molar-refractivity contribution in [2.75, 3.05) is 6.54 Å². The Kier molecular flexibility index (Phi) is 5.14. The molecule has 0 spiro atoms. The van der Waals surface area contributed by atoms with E-state index in [9.17, 15) is 14.9 Å². The van der Waals surface area contributed by atoms with Crippen molar-refractivity contribution in [1.82, 2.24) is 5.32 Å². The molecule has 2 bridgehead atoms. The number of nitro benzene ring substituents is 1. The number of hydrogen-bond donors (Lipinski definition) is 2. The van der Waals surface area contributed by atoms with E-state index in [1.165, 1.54) is 44.4 Å². The third-order valence-corrected chi connectivity index (χ3v) is 5.49. The molecule has 130 valence electrons. The predicted octanol–water partition coefficient (Wildman–Crippen LogP) is 1.70. The number of hydrogen-bond acceptors (Lipinski definition) is 3. The highest BCUT2D eigenvalue weighted by Gasteiger charge is 2.41. The van der Waals surface area contributed by atoms with Crippen LogP contribution in [-0.4, -0.2) is 35.5 Å². The molecule has 2 fully saturated rings. The van der Waals surface area contributed by atoms with Gasteiger partial charge < -0.3 is 10.2 Å². The van der Waals surface area contributed by atoms with Crippen LogP contribution < -0.4 is 10.2 Å². The molecule has 0 radical (unpaired) electrons. The second-order valence-corrected chi connectivity index (χ2v) is 7.10. The Balaban J connectivity index is 1.65. The molecule has 2 saturated heterocycles. The van der Waals surface area contributed by atoms with E-state index in [0.717, 1.165) is 12.8 Å². The van der Waals surface area contributed by atoms with Crippen molar-refractivity contribution in [2.24, 2.45) is 0 Å². The first kappa shape index (κ1) is 16.9. The molecule has 4 atom stereocenters. The molecule has 3 rings (SSSR count). The van der Waals surface area contributed by atoms with Crippen LogP contribution in [0, 0.1) is 10.1 Å². The molecule has 0 aliphatic carbocycles. The molecular formula is C18H26N3O3+. The molecule has 24 heavy (non-hydrogen) atoms. The van der Waals surface area contributed by atoms with Gasteiger partial charge >= 0.3 is 0 Å². The number of amides is 1. The highest BCUT2D eigenvalue weighted by molar-refractivity contribution is 5.95. The standard InChI is InChI=1S/C18H25N3O3/c1-2-9-20-15-6-4-7-16(20)12-14(11-15)19-18(22)13-5-3-8-17(10-13)21(23)24/h3,5,8,10,14-16H,2,4,6-7,9,11-12H2,1H3,(H,19,22)/p+1/t14?,15-,16+. The molecule has 0 saturated carbocycles. The lowest BCUT2D eigenvalue weighted by atomic mass is 9.81. The van der Waals surface area contributed by atoms with Crippen LogP contribution in [0.4, 0.5) is 5.69 Å². The normalized spacial score (nSPS) is 29.0. The summed E-state index contributed by atoms with van der Waals surface area (Å²) in [5, 5.41) is 14.0. The van der Waals surface area contributed by atoms with Gasteiger partial charge in [-0.2, -0.15) is 0 Å². The van der Waals surface area contributed by atoms with Gasteiger partial charge in [0.15, 0.2) is 0 Å². The topological polar surface area (TPSA) is 76.7 Å². The molecular weight excluding hydrogens is 306 g/mol. The summed E-state index contributed by atoms with van der Waals surface area (Å²) in [7, 11) is 0. The maximum absolute atomic E-state index is 12.5. The first-order chi connectivity index (χ1) is 11.6. The zero-order chi connectivity index (χ0) is 17.1. The summed E-state index contributed by atoms with van der Waals surface area (Å²) in [5.41, 5.74) is 0.333. The smallest absolute Gasteiger partial charge is 0.270 e. The van der Waals surface area contributed by atoms with Gasteiger partial charge in [0.1, 0.15) is 0 Å². The van der Waals surface area contributed by atoms with Gasteiger partial charge in [-0.3, -0.25) is 14.9 Å². The second kappa shape index (κ2) is 7.30. The zero-order valence-electron chi connectivity index (χ0n) is 14.2. The minimum atomic E-state index is -0.465.